The molecule has 19 heavy (non-hydrogen) atoms. The highest BCUT2D eigenvalue weighted by molar-refractivity contribution is 5.39. The average molecular weight is 262 g/mol. The van der Waals surface area contributed by atoms with E-state index in [2.05, 4.69) is 12.2 Å². The van der Waals surface area contributed by atoms with Gasteiger partial charge in [0, 0.05) is 17.7 Å². The van der Waals surface area contributed by atoms with Crippen LogP contribution in [0, 0.1) is 16.0 Å². The molecule has 0 aromatic heterocycles. The molecule has 0 aliphatic heterocycles. The molecular formula is C15H22N2O2. The van der Waals surface area contributed by atoms with Gasteiger partial charge in [-0.3, -0.25) is 10.1 Å². The van der Waals surface area contributed by atoms with Crippen molar-refractivity contribution in [1.29, 1.82) is 0 Å². The van der Waals surface area contributed by atoms with E-state index >= 15 is 0 Å². The quantitative estimate of drug-likeness (QED) is 0.654. The first-order valence-electron chi connectivity index (χ1n) is 7.12. The highest BCUT2D eigenvalue weighted by Crippen LogP contribution is 2.23. The van der Waals surface area contributed by atoms with E-state index in [4.69, 9.17) is 0 Å². The van der Waals surface area contributed by atoms with Crippen LogP contribution in [0.3, 0.4) is 0 Å². The van der Waals surface area contributed by atoms with Gasteiger partial charge in [0.15, 0.2) is 0 Å². The van der Waals surface area contributed by atoms with Gasteiger partial charge in [0.2, 0.25) is 0 Å². The summed E-state index contributed by atoms with van der Waals surface area (Å²) in [7, 11) is 0. The molecule has 0 unspecified atom stereocenters. The highest BCUT2D eigenvalue weighted by Gasteiger charge is 2.18. The third kappa shape index (κ3) is 4.03. The number of nitrogens with zero attached hydrogens (tertiary/aromatic N) is 1. The molecule has 0 heterocycles. The monoisotopic (exact) mass is 262 g/mol. The normalized spacial score (nSPS) is 23.2. The van der Waals surface area contributed by atoms with Crippen LogP contribution in [0.4, 0.5) is 5.69 Å². The Kier molecular flexibility index (Phi) is 4.91. The van der Waals surface area contributed by atoms with Gasteiger partial charge in [-0.05, 0) is 44.6 Å². The third-order valence-corrected chi connectivity index (χ3v) is 4.03. The molecule has 1 aliphatic rings. The molecule has 1 aromatic carbocycles. The van der Waals surface area contributed by atoms with Crippen LogP contribution < -0.4 is 5.32 Å². The fourth-order valence-corrected chi connectivity index (χ4v) is 2.78. The van der Waals surface area contributed by atoms with Gasteiger partial charge in [0.1, 0.15) is 0 Å². The number of para-hydroxylation sites is 1. The molecule has 2 rings (SSSR count). The Labute approximate surface area is 114 Å². The molecule has 0 atom stereocenters. The Bertz CT molecular complexity index is 426. The van der Waals surface area contributed by atoms with Gasteiger partial charge in [-0.1, -0.05) is 25.1 Å². The molecule has 0 spiro atoms. The number of benzene rings is 1. The Balaban J connectivity index is 1.81. The van der Waals surface area contributed by atoms with E-state index in [0.717, 1.165) is 24.4 Å². The van der Waals surface area contributed by atoms with Crippen molar-refractivity contribution in [3.05, 3.63) is 39.9 Å². The van der Waals surface area contributed by atoms with Crippen molar-refractivity contribution in [1.82, 2.24) is 5.32 Å². The summed E-state index contributed by atoms with van der Waals surface area (Å²) in [6.45, 7) is 3.13. The van der Waals surface area contributed by atoms with Crippen LogP contribution in [0.25, 0.3) is 0 Å². The van der Waals surface area contributed by atoms with E-state index in [-0.39, 0.29) is 10.6 Å². The number of rotatable bonds is 5. The van der Waals surface area contributed by atoms with E-state index < -0.39 is 0 Å². The molecule has 4 nitrogen and oxygen atoms in total. The summed E-state index contributed by atoms with van der Waals surface area (Å²) < 4.78 is 0. The van der Waals surface area contributed by atoms with Crippen LogP contribution in [0.2, 0.25) is 0 Å². The lowest BCUT2D eigenvalue weighted by atomic mass is 9.87. The van der Waals surface area contributed by atoms with Gasteiger partial charge in [-0.25, -0.2) is 0 Å². The zero-order valence-corrected chi connectivity index (χ0v) is 11.5. The predicted molar refractivity (Wildman–Crippen MR) is 76.2 cm³/mol. The molecule has 1 N–H and O–H groups in total. The lowest BCUT2D eigenvalue weighted by Crippen LogP contribution is -2.34. The van der Waals surface area contributed by atoms with Crippen molar-refractivity contribution in [2.24, 2.45) is 5.92 Å². The number of nitro benzene ring substituents is 1. The second-order valence-corrected chi connectivity index (χ2v) is 5.55. The molecule has 0 saturated heterocycles. The summed E-state index contributed by atoms with van der Waals surface area (Å²) in [5, 5.41) is 14.4. The molecule has 0 bridgehead atoms. The summed E-state index contributed by atoms with van der Waals surface area (Å²) in [6, 6.07) is 7.61. The van der Waals surface area contributed by atoms with Gasteiger partial charge in [-0.15, -0.1) is 0 Å². The Morgan fingerprint density at radius 2 is 1.95 bits per heavy atom. The maximum atomic E-state index is 10.9. The van der Waals surface area contributed by atoms with Crippen LogP contribution in [0.5, 0.6) is 0 Å². The molecule has 0 amide bonds. The van der Waals surface area contributed by atoms with E-state index in [1.54, 1.807) is 12.1 Å². The van der Waals surface area contributed by atoms with Gasteiger partial charge in [0.05, 0.1) is 4.92 Å². The van der Waals surface area contributed by atoms with Crippen LogP contribution >= 0.6 is 0 Å². The summed E-state index contributed by atoms with van der Waals surface area (Å²) in [5.74, 6) is 0.855. The van der Waals surface area contributed by atoms with Crippen LogP contribution in [0.1, 0.15) is 38.2 Å². The summed E-state index contributed by atoms with van der Waals surface area (Å²) in [6.07, 6.45) is 5.78. The maximum absolute atomic E-state index is 10.9. The van der Waals surface area contributed by atoms with Crippen molar-refractivity contribution in [2.45, 2.75) is 45.1 Å². The van der Waals surface area contributed by atoms with E-state index in [1.807, 2.05) is 12.1 Å². The van der Waals surface area contributed by atoms with Gasteiger partial charge < -0.3 is 5.32 Å². The first kappa shape index (κ1) is 14.0. The lowest BCUT2D eigenvalue weighted by molar-refractivity contribution is -0.385. The number of nitro groups is 1. The van der Waals surface area contributed by atoms with E-state index in [1.165, 1.54) is 25.7 Å². The van der Waals surface area contributed by atoms with Crippen LogP contribution in [-0.2, 0) is 6.42 Å². The minimum Gasteiger partial charge on any atom is -0.314 e. The molecular weight excluding hydrogens is 240 g/mol. The maximum Gasteiger partial charge on any atom is 0.272 e. The van der Waals surface area contributed by atoms with Gasteiger partial charge in [-0.2, -0.15) is 0 Å². The average Bonchev–Trinajstić information content (AvgIpc) is 2.41. The number of nitrogens with one attached hydrogen (secondary N) is 1. The van der Waals surface area contributed by atoms with Gasteiger partial charge >= 0.3 is 0 Å². The summed E-state index contributed by atoms with van der Waals surface area (Å²) in [5.41, 5.74) is 1.06. The van der Waals surface area contributed by atoms with Crippen molar-refractivity contribution in [2.75, 3.05) is 6.54 Å². The smallest absolute Gasteiger partial charge is 0.272 e. The zero-order chi connectivity index (χ0) is 13.7. The minimum atomic E-state index is -0.294. The van der Waals surface area contributed by atoms with E-state index in [9.17, 15) is 10.1 Å². The zero-order valence-electron chi connectivity index (χ0n) is 11.5. The fourth-order valence-electron chi connectivity index (χ4n) is 2.78. The third-order valence-electron chi connectivity index (χ3n) is 4.03. The summed E-state index contributed by atoms with van der Waals surface area (Å²) in [4.78, 5) is 10.6. The first-order chi connectivity index (χ1) is 9.16. The Morgan fingerprint density at radius 3 is 2.63 bits per heavy atom. The largest absolute Gasteiger partial charge is 0.314 e. The van der Waals surface area contributed by atoms with Crippen molar-refractivity contribution in [3.8, 4) is 0 Å². The second kappa shape index (κ2) is 6.66. The molecule has 1 fully saturated rings. The molecule has 4 heteroatoms. The minimum absolute atomic E-state index is 0.238. The molecule has 1 aliphatic carbocycles. The molecule has 104 valence electrons. The van der Waals surface area contributed by atoms with Crippen molar-refractivity contribution < 1.29 is 4.92 Å². The number of hydrogen-bond acceptors (Lipinski definition) is 3. The summed E-state index contributed by atoms with van der Waals surface area (Å²) >= 11 is 0. The van der Waals surface area contributed by atoms with Crippen LogP contribution in [0.15, 0.2) is 24.3 Å². The first-order valence-corrected chi connectivity index (χ1v) is 7.12. The topological polar surface area (TPSA) is 55.2 Å². The number of hydrogen-bond donors (Lipinski definition) is 1. The second-order valence-electron chi connectivity index (χ2n) is 5.55. The fraction of sp³-hybridized carbons (Fsp3) is 0.600. The molecule has 1 aromatic rings. The lowest BCUT2D eigenvalue weighted by Gasteiger charge is -2.27. The van der Waals surface area contributed by atoms with Crippen LogP contribution in [-0.4, -0.2) is 17.5 Å². The molecule has 0 radical (unpaired) electrons. The Morgan fingerprint density at radius 1 is 1.26 bits per heavy atom. The van der Waals surface area contributed by atoms with E-state index in [0.29, 0.717) is 6.04 Å². The van der Waals surface area contributed by atoms with Crippen molar-refractivity contribution >= 4 is 5.69 Å². The Hall–Kier alpha value is -1.42. The predicted octanol–water partition coefficient (Wildman–Crippen LogP) is 3.31. The molecule has 1 saturated carbocycles. The van der Waals surface area contributed by atoms with Crippen molar-refractivity contribution in [3.63, 3.8) is 0 Å². The standard InChI is InChI=1S/C15H22N2O2/c1-12-6-8-14(9-7-12)16-11-10-13-4-2-3-5-15(13)17(18)19/h2-5,12,14,16H,6-11H2,1H3. The van der Waals surface area contributed by atoms with Gasteiger partial charge in [0.25, 0.3) is 5.69 Å². The SMILES string of the molecule is CC1CCC(NCCc2ccccc2[N+](=O)[O-])CC1. The highest BCUT2D eigenvalue weighted by atomic mass is 16.6.